The van der Waals surface area contributed by atoms with Crippen LogP contribution < -0.4 is 10.9 Å². The SMILES string of the molecule is CN1CCC(OC(=O)N=C(N)c2cccc(CN(Cc3ccccc3)C(=O)Cc3ccc(-c4ccccc4S(N)(=O)=O)cc3)c2)CC1. The number of hydrogen-bond donors (Lipinski definition) is 2. The van der Waals surface area contributed by atoms with Crippen LogP contribution in [0.3, 0.4) is 0 Å². The average molecular weight is 654 g/mol. The van der Waals surface area contributed by atoms with Crippen molar-refractivity contribution in [3.63, 3.8) is 0 Å². The van der Waals surface area contributed by atoms with Gasteiger partial charge in [-0.05, 0) is 54.3 Å². The highest BCUT2D eigenvalue weighted by molar-refractivity contribution is 7.89. The molecule has 0 aromatic heterocycles. The number of ether oxygens (including phenoxy) is 1. The number of carbonyl (C=O) groups is 2. The zero-order chi connectivity index (χ0) is 33.4. The number of likely N-dealkylation sites (tertiary alicyclic amines) is 1. The Morgan fingerprint density at radius 1 is 0.851 bits per heavy atom. The molecule has 0 saturated carbocycles. The number of piperidine rings is 1. The Balaban J connectivity index is 1.30. The first-order chi connectivity index (χ1) is 22.5. The van der Waals surface area contributed by atoms with Crippen molar-refractivity contribution in [2.24, 2.45) is 15.9 Å². The zero-order valence-corrected chi connectivity index (χ0v) is 27.1. The number of sulfonamides is 1. The van der Waals surface area contributed by atoms with Gasteiger partial charge in [0.2, 0.25) is 15.9 Å². The van der Waals surface area contributed by atoms with Crippen molar-refractivity contribution >= 4 is 27.9 Å². The summed E-state index contributed by atoms with van der Waals surface area (Å²) < 4.78 is 29.7. The van der Waals surface area contributed by atoms with Crippen LogP contribution in [0.4, 0.5) is 4.79 Å². The topological polar surface area (TPSA) is 148 Å². The van der Waals surface area contributed by atoms with Crippen LogP contribution in [0.25, 0.3) is 11.1 Å². The minimum absolute atomic E-state index is 0.0416. The van der Waals surface area contributed by atoms with E-state index in [2.05, 4.69) is 9.89 Å². The predicted molar refractivity (Wildman–Crippen MR) is 182 cm³/mol. The van der Waals surface area contributed by atoms with Gasteiger partial charge in [0.25, 0.3) is 0 Å². The molecule has 4 aromatic rings. The maximum absolute atomic E-state index is 13.8. The molecule has 11 heteroatoms. The van der Waals surface area contributed by atoms with Gasteiger partial charge >= 0.3 is 6.09 Å². The third kappa shape index (κ3) is 9.35. The molecule has 4 N–H and O–H groups in total. The van der Waals surface area contributed by atoms with Crippen molar-refractivity contribution in [3.8, 4) is 11.1 Å². The maximum atomic E-state index is 13.8. The van der Waals surface area contributed by atoms with E-state index in [0.29, 0.717) is 29.8 Å². The smallest absolute Gasteiger partial charge is 0.435 e. The van der Waals surface area contributed by atoms with E-state index in [1.807, 2.05) is 67.7 Å². The van der Waals surface area contributed by atoms with Crippen LogP contribution in [0, 0.1) is 0 Å². The molecule has 0 bridgehead atoms. The molecule has 1 heterocycles. The van der Waals surface area contributed by atoms with Crippen molar-refractivity contribution in [1.82, 2.24) is 9.80 Å². The Labute approximate surface area is 275 Å². The molecule has 1 aliphatic heterocycles. The Hall–Kier alpha value is -4.84. The fourth-order valence-electron chi connectivity index (χ4n) is 5.56. The minimum Gasteiger partial charge on any atom is -0.444 e. The summed E-state index contributed by atoms with van der Waals surface area (Å²) in [6, 6.07) is 30.8. The van der Waals surface area contributed by atoms with Crippen molar-refractivity contribution in [2.75, 3.05) is 20.1 Å². The number of hydrogen-bond acceptors (Lipinski definition) is 6. The molecule has 0 aliphatic carbocycles. The Kier molecular flexibility index (Phi) is 10.8. The quantitative estimate of drug-likeness (QED) is 0.186. The highest BCUT2D eigenvalue weighted by Crippen LogP contribution is 2.27. The van der Waals surface area contributed by atoms with Crippen molar-refractivity contribution in [3.05, 3.63) is 125 Å². The summed E-state index contributed by atoms with van der Waals surface area (Å²) in [4.78, 5) is 34.2. The van der Waals surface area contributed by atoms with Gasteiger partial charge in [-0.3, -0.25) is 4.79 Å². The average Bonchev–Trinajstić information content (AvgIpc) is 3.06. The molecule has 1 aliphatic rings. The van der Waals surface area contributed by atoms with Crippen molar-refractivity contribution in [1.29, 1.82) is 0 Å². The van der Waals surface area contributed by atoms with Crippen molar-refractivity contribution in [2.45, 2.75) is 43.4 Å². The number of amidine groups is 1. The van der Waals surface area contributed by atoms with Crippen LogP contribution in [-0.2, 0) is 39.1 Å². The van der Waals surface area contributed by atoms with Gasteiger partial charge in [0.05, 0.1) is 11.3 Å². The lowest BCUT2D eigenvalue weighted by atomic mass is 10.0. The maximum Gasteiger partial charge on any atom is 0.435 e. The number of nitrogens with two attached hydrogens (primary N) is 2. The number of benzene rings is 4. The molecule has 1 saturated heterocycles. The van der Waals surface area contributed by atoms with E-state index < -0.39 is 16.1 Å². The van der Waals surface area contributed by atoms with Crippen LogP contribution in [0.5, 0.6) is 0 Å². The Bertz CT molecular complexity index is 1840. The lowest BCUT2D eigenvalue weighted by Gasteiger charge is -2.27. The Morgan fingerprint density at radius 2 is 1.49 bits per heavy atom. The summed E-state index contributed by atoms with van der Waals surface area (Å²) >= 11 is 0. The molecular formula is C36H39N5O5S. The van der Waals surface area contributed by atoms with Gasteiger partial charge in [0.15, 0.2) is 0 Å². The van der Waals surface area contributed by atoms with Gasteiger partial charge in [-0.15, -0.1) is 0 Å². The summed E-state index contributed by atoms with van der Waals surface area (Å²) in [6.07, 6.45) is 0.774. The second-order valence-corrected chi connectivity index (χ2v) is 13.3. The number of carbonyl (C=O) groups excluding carboxylic acids is 2. The van der Waals surface area contributed by atoms with E-state index in [0.717, 1.165) is 42.6 Å². The van der Waals surface area contributed by atoms with E-state index in [9.17, 15) is 18.0 Å². The highest BCUT2D eigenvalue weighted by atomic mass is 32.2. The fourth-order valence-corrected chi connectivity index (χ4v) is 6.32. The summed E-state index contributed by atoms with van der Waals surface area (Å²) in [5, 5.41) is 5.42. The fraction of sp³-hybridized carbons (Fsp3) is 0.250. The van der Waals surface area contributed by atoms with Crippen LogP contribution in [0.1, 0.15) is 35.1 Å². The van der Waals surface area contributed by atoms with Gasteiger partial charge in [-0.25, -0.2) is 18.4 Å². The molecule has 0 unspecified atom stereocenters. The molecule has 0 atom stereocenters. The van der Waals surface area contributed by atoms with Crippen LogP contribution >= 0.6 is 0 Å². The van der Waals surface area contributed by atoms with Gasteiger partial charge in [-0.2, -0.15) is 4.99 Å². The van der Waals surface area contributed by atoms with E-state index in [-0.39, 0.29) is 29.2 Å². The molecular weight excluding hydrogens is 614 g/mol. The van der Waals surface area contributed by atoms with E-state index >= 15 is 0 Å². The molecule has 244 valence electrons. The molecule has 10 nitrogen and oxygen atoms in total. The van der Waals surface area contributed by atoms with Gasteiger partial charge in [0.1, 0.15) is 11.9 Å². The summed E-state index contributed by atoms with van der Waals surface area (Å²) in [7, 11) is -1.87. The number of aliphatic imine (C=N–C) groups is 1. The zero-order valence-electron chi connectivity index (χ0n) is 26.3. The third-order valence-electron chi connectivity index (χ3n) is 8.12. The van der Waals surface area contributed by atoms with Crippen LogP contribution in [-0.4, -0.2) is 62.3 Å². The molecule has 5 rings (SSSR count). The molecule has 0 radical (unpaired) electrons. The number of amides is 2. The third-order valence-corrected chi connectivity index (χ3v) is 9.09. The predicted octanol–water partition coefficient (Wildman–Crippen LogP) is 4.71. The lowest BCUT2D eigenvalue weighted by molar-refractivity contribution is -0.131. The van der Waals surface area contributed by atoms with E-state index in [1.54, 1.807) is 41.3 Å². The summed E-state index contributed by atoms with van der Waals surface area (Å²) in [6.45, 7) is 2.40. The van der Waals surface area contributed by atoms with Gasteiger partial charge < -0.3 is 20.3 Å². The summed E-state index contributed by atoms with van der Waals surface area (Å²) in [5.74, 6) is -0.0462. The summed E-state index contributed by atoms with van der Waals surface area (Å²) in [5.41, 5.74) is 10.5. The van der Waals surface area contributed by atoms with E-state index in [1.165, 1.54) is 6.07 Å². The first kappa shape index (κ1) is 33.5. The largest absolute Gasteiger partial charge is 0.444 e. The van der Waals surface area contributed by atoms with Crippen molar-refractivity contribution < 1.29 is 22.7 Å². The van der Waals surface area contributed by atoms with Crippen LogP contribution in [0.15, 0.2) is 113 Å². The molecule has 0 spiro atoms. The molecule has 2 amide bonds. The molecule has 47 heavy (non-hydrogen) atoms. The van der Waals surface area contributed by atoms with E-state index in [4.69, 9.17) is 15.6 Å². The second-order valence-electron chi connectivity index (χ2n) is 11.7. The normalized spacial score (nSPS) is 14.5. The highest BCUT2D eigenvalue weighted by Gasteiger charge is 2.21. The number of primary sulfonamides is 1. The molecule has 1 fully saturated rings. The standard InChI is InChI=1S/C36H39N5O5S/c1-40-20-18-31(19-21-40)46-36(43)39-35(37)30-11-7-10-28(22-30)25-41(24-27-8-3-2-4-9-27)34(42)23-26-14-16-29(17-15-26)32-12-5-6-13-33(32)47(38,44)45/h2-17,22,31H,18-21,23-25H2,1H3,(H2,37,39,43)(H2,38,44,45). The first-order valence-electron chi connectivity index (χ1n) is 15.4. The van der Waals surface area contributed by atoms with Gasteiger partial charge in [-0.1, -0.05) is 91.0 Å². The van der Waals surface area contributed by atoms with Crippen LogP contribution in [0.2, 0.25) is 0 Å². The number of rotatable bonds is 10. The number of nitrogens with zero attached hydrogens (tertiary/aromatic N) is 3. The van der Waals surface area contributed by atoms with Gasteiger partial charge in [0, 0.05) is 37.3 Å². The Morgan fingerprint density at radius 3 is 2.19 bits per heavy atom. The minimum atomic E-state index is -3.90. The first-order valence-corrected chi connectivity index (χ1v) is 17.0. The second kappa shape index (κ2) is 15.2. The lowest BCUT2D eigenvalue weighted by Crippen LogP contribution is -2.35. The molecule has 4 aromatic carbocycles. The monoisotopic (exact) mass is 653 g/mol.